The fourth-order valence-electron chi connectivity index (χ4n) is 5.83. The maximum Gasteiger partial charge on any atom is 0.255 e. The van der Waals surface area contributed by atoms with Crippen LogP contribution in [0, 0.1) is 5.82 Å². The number of carbonyl (C=O) groups is 1. The van der Waals surface area contributed by atoms with E-state index in [9.17, 15) is 19.4 Å². The lowest BCUT2D eigenvalue weighted by atomic mass is 10.2. The Hall–Kier alpha value is -3.87. The number of aliphatic hydroxyl groups is 2. The number of likely N-dealkylation sites (N-methyl/N-ethyl adjacent to an activating group) is 1. The number of aromatic nitrogens is 2. The molecule has 0 saturated carbocycles. The molecule has 246 valence electrons. The van der Waals surface area contributed by atoms with Crippen LogP contribution in [-0.2, 0) is 24.4 Å². The van der Waals surface area contributed by atoms with Crippen LogP contribution in [0.25, 0.3) is 0 Å². The zero-order valence-corrected chi connectivity index (χ0v) is 27.7. The van der Waals surface area contributed by atoms with Gasteiger partial charge in [0.1, 0.15) is 23.6 Å². The fourth-order valence-corrected chi connectivity index (χ4v) is 8.23. The van der Waals surface area contributed by atoms with Crippen LogP contribution in [0.2, 0.25) is 5.02 Å². The SMILES string of the molecule is CN(C)C1CCN(C(=O)C(O)C(O)S2=CCc3c2n(Cc2ccccc2)cnc3=Nc2ccc(OCc3cccc(F)c3)c(Cl)c2)C1. The van der Waals surface area contributed by atoms with Crippen LogP contribution in [0.3, 0.4) is 0 Å². The number of ether oxygens (including phenoxy) is 1. The highest BCUT2D eigenvalue weighted by Crippen LogP contribution is 2.39. The van der Waals surface area contributed by atoms with Crippen LogP contribution in [0.5, 0.6) is 5.75 Å². The summed E-state index contributed by atoms with van der Waals surface area (Å²) in [6.45, 7) is 1.70. The number of amides is 1. The summed E-state index contributed by atoms with van der Waals surface area (Å²) in [5.41, 5.74) is 2.21. The largest absolute Gasteiger partial charge is 0.487 e. The van der Waals surface area contributed by atoms with Gasteiger partial charge in [-0.2, -0.15) is 0 Å². The number of halogens is 2. The molecule has 3 aromatic carbocycles. The summed E-state index contributed by atoms with van der Waals surface area (Å²) in [5, 5.41) is 25.7. The summed E-state index contributed by atoms with van der Waals surface area (Å²) in [6, 6.07) is 21.4. The van der Waals surface area contributed by atoms with Gasteiger partial charge in [0, 0.05) is 37.7 Å². The lowest BCUT2D eigenvalue weighted by Gasteiger charge is -2.27. The number of hydrogen-bond donors (Lipinski definition) is 2. The van der Waals surface area contributed by atoms with Gasteiger partial charge in [-0.15, -0.1) is 10.5 Å². The molecule has 1 aromatic heterocycles. The van der Waals surface area contributed by atoms with Gasteiger partial charge < -0.3 is 29.3 Å². The fraction of sp³-hybridized carbons (Fsp3) is 0.314. The second-order valence-electron chi connectivity index (χ2n) is 11.9. The molecule has 0 spiro atoms. The molecule has 47 heavy (non-hydrogen) atoms. The molecule has 1 fully saturated rings. The second-order valence-corrected chi connectivity index (χ2v) is 14.2. The predicted octanol–water partition coefficient (Wildman–Crippen LogP) is 4.36. The van der Waals surface area contributed by atoms with Crippen molar-refractivity contribution in [3.63, 3.8) is 0 Å². The van der Waals surface area contributed by atoms with E-state index in [1.807, 2.05) is 54.4 Å². The monoisotopic (exact) mass is 677 g/mol. The van der Waals surface area contributed by atoms with E-state index >= 15 is 0 Å². The van der Waals surface area contributed by atoms with Crippen molar-refractivity contribution in [3.8, 4) is 5.75 Å². The van der Waals surface area contributed by atoms with Crippen LogP contribution < -0.4 is 10.2 Å². The molecule has 1 amide bonds. The van der Waals surface area contributed by atoms with Gasteiger partial charge in [-0.1, -0.05) is 54.1 Å². The Balaban J connectivity index is 1.28. The van der Waals surface area contributed by atoms with Gasteiger partial charge in [-0.3, -0.25) is 4.79 Å². The van der Waals surface area contributed by atoms with Crippen molar-refractivity contribution in [2.45, 2.75) is 48.6 Å². The van der Waals surface area contributed by atoms with Crippen LogP contribution in [-0.4, -0.2) is 85.6 Å². The van der Waals surface area contributed by atoms with Crippen molar-refractivity contribution in [1.82, 2.24) is 19.4 Å². The summed E-state index contributed by atoms with van der Waals surface area (Å²) in [4.78, 5) is 26.5. The van der Waals surface area contributed by atoms with Crippen LogP contribution >= 0.6 is 22.1 Å². The Morgan fingerprint density at radius 2 is 1.91 bits per heavy atom. The Labute approximate surface area is 280 Å². The smallest absolute Gasteiger partial charge is 0.255 e. The first-order valence-corrected chi connectivity index (χ1v) is 17.1. The maximum absolute atomic E-state index is 13.6. The molecular formula is C35H37ClFN5O4S. The van der Waals surface area contributed by atoms with E-state index < -0.39 is 27.9 Å². The number of aliphatic hydroxyl groups excluding tert-OH is 2. The molecule has 0 aliphatic carbocycles. The van der Waals surface area contributed by atoms with Crippen LogP contribution in [0.1, 0.15) is 23.1 Å². The van der Waals surface area contributed by atoms with Gasteiger partial charge in [-0.25, -0.2) is 14.4 Å². The highest BCUT2D eigenvalue weighted by Gasteiger charge is 2.37. The highest BCUT2D eigenvalue weighted by molar-refractivity contribution is 8.15. The molecular weight excluding hydrogens is 641 g/mol. The molecule has 4 aromatic rings. The molecule has 3 heterocycles. The van der Waals surface area contributed by atoms with Crippen molar-refractivity contribution >= 4 is 39.0 Å². The van der Waals surface area contributed by atoms with Crippen molar-refractivity contribution in [2.24, 2.45) is 4.99 Å². The lowest BCUT2D eigenvalue weighted by Crippen LogP contribution is -2.44. The van der Waals surface area contributed by atoms with Crippen molar-refractivity contribution in [2.75, 3.05) is 27.2 Å². The number of hydrogen-bond acceptors (Lipinski definition) is 7. The molecule has 1 saturated heterocycles. The first-order chi connectivity index (χ1) is 22.7. The Morgan fingerprint density at radius 1 is 1.13 bits per heavy atom. The molecule has 0 radical (unpaired) electrons. The molecule has 6 rings (SSSR count). The minimum absolute atomic E-state index is 0.159. The lowest BCUT2D eigenvalue weighted by molar-refractivity contribution is -0.142. The summed E-state index contributed by atoms with van der Waals surface area (Å²) >= 11 is 6.55. The third-order valence-corrected chi connectivity index (χ3v) is 10.9. The summed E-state index contributed by atoms with van der Waals surface area (Å²) < 4.78 is 21.3. The summed E-state index contributed by atoms with van der Waals surface area (Å²) in [6.07, 6.45) is 1.39. The number of nitrogens with zero attached hydrogens (tertiary/aromatic N) is 5. The van der Waals surface area contributed by atoms with E-state index in [0.29, 0.717) is 53.6 Å². The van der Waals surface area contributed by atoms with Gasteiger partial charge in [0.15, 0.2) is 11.6 Å². The normalized spacial score (nSPS) is 19.0. The number of rotatable bonds is 10. The van der Waals surface area contributed by atoms with Gasteiger partial charge in [0.2, 0.25) is 0 Å². The molecule has 12 heteroatoms. The summed E-state index contributed by atoms with van der Waals surface area (Å²) in [5.74, 6) is -0.356. The van der Waals surface area contributed by atoms with E-state index in [-0.39, 0.29) is 18.5 Å². The minimum atomic E-state index is -1.57. The van der Waals surface area contributed by atoms with Crippen LogP contribution in [0.4, 0.5) is 10.1 Å². The van der Waals surface area contributed by atoms with E-state index in [4.69, 9.17) is 21.3 Å². The highest BCUT2D eigenvalue weighted by atomic mass is 35.5. The number of carbonyl (C=O) groups excluding carboxylic acids is 1. The quantitative estimate of drug-likeness (QED) is 0.191. The minimum Gasteiger partial charge on any atom is -0.487 e. The second kappa shape index (κ2) is 14.5. The molecule has 4 atom stereocenters. The van der Waals surface area contributed by atoms with Gasteiger partial charge in [0.25, 0.3) is 5.91 Å². The van der Waals surface area contributed by atoms with E-state index in [2.05, 4.69) is 9.88 Å². The zero-order valence-electron chi connectivity index (χ0n) is 26.2. The third-order valence-electron chi connectivity index (χ3n) is 8.42. The Bertz CT molecular complexity index is 1870. The Kier molecular flexibility index (Phi) is 10.2. The molecule has 2 N–H and O–H groups in total. The first-order valence-electron chi connectivity index (χ1n) is 15.4. The summed E-state index contributed by atoms with van der Waals surface area (Å²) in [7, 11) is 2.96. The third kappa shape index (κ3) is 7.50. The van der Waals surface area contributed by atoms with Crippen molar-refractivity contribution in [1.29, 1.82) is 0 Å². The molecule has 2 aliphatic rings. The van der Waals surface area contributed by atoms with Gasteiger partial charge in [0.05, 0.1) is 22.1 Å². The maximum atomic E-state index is 13.6. The first kappa shape index (κ1) is 33.0. The number of fused-ring (bicyclic) bond motifs is 1. The van der Waals surface area contributed by atoms with Crippen molar-refractivity contribution < 1.29 is 24.1 Å². The van der Waals surface area contributed by atoms with Crippen LogP contribution in [0.15, 0.2) is 89.1 Å². The van der Waals surface area contributed by atoms with E-state index in [0.717, 1.165) is 22.6 Å². The van der Waals surface area contributed by atoms with Gasteiger partial charge >= 0.3 is 0 Å². The molecule has 4 unspecified atom stereocenters. The number of likely N-dealkylation sites (tertiary alicyclic amines) is 1. The van der Waals surface area contributed by atoms with Gasteiger partial charge in [-0.05, 0) is 67.3 Å². The van der Waals surface area contributed by atoms with Crippen molar-refractivity contribution in [3.05, 3.63) is 112 Å². The number of benzene rings is 3. The average Bonchev–Trinajstić information content (AvgIpc) is 3.74. The van der Waals surface area contributed by atoms with E-state index in [1.165, 1.54) is 12.1 Å². The topological polar surface area (TPSA) is 103 Å². The molecule has 0 bridgehead atoms. The van der Waals surface area contributed by atoms with E-state index in [1.54, 1.807) is 41.6 Å². The molecule has 2 aliphatic heterocycles. The predicted molar refractivity (Wildman–Crippen MR) is 181 cm³/mol. The standard InChI is InChI=1S/C35H37ClFN5O4S/c1-40(2)27-13-15-41(20-27)33(44)31(43)35(45)47-16-14-28-32(38-22-42(34(28)47)19-23-7-4-3-5-8-23)39-26-11-12-30(29(36)18-26)46-21-24-9-6-10-25(37)17-24/h3-12,16-18,22,27,31,35,43,45H,13-15,19-21H2,1-2H3. The molecule has 9 nitrogen and oxygen atoms in total. The zero-order chi connectivity index (χ0) is 33.1. The Morgan fingerprint density at radius 3 is 2.64 bits per heavy atom. The average molecular weight is 678 g/mol.